The molecule has 1 aromatic carbocycles. The fourth-order valence-electron chi connectivity index (χ4n) is 6.67. The zero-order chi connectivity index (χ0) is 19.1. The molecule has 2 N–H and O–H groups in total. The summed E-state index contributed by atoms with van der Waals surface area (Å²) in [6.07, 6.45) is 10.7. The third kappa shape index (κ3) is 3.49. The predicted octanol–water partition coefficient (Wildman–Crippen LogP) is 4.69. The molecule has 4 aliphatic rings. The average Bonchev–Trinajstić information content (AvgIpc) is 2.65. The van der Waals surface area contributed by atoms with Crippen molar-refractivity contribution < 1.29 is 0 Å². The van der Waals surface area contributed by atoms with Gasteiger partial charge < -0.3 is 5.32 Å². The van der Waals surface area contributed by atoms with Crippen molar-refractivity contribution in [3.05, 3.63) is 57.5 Å². The van der Waals surface area contributed by atoms with E-state index in [9.17, 15) is 4.79 Å². The Morgan fingerprint density at radius 3 is 2.36 bits per heavy atom. The van der Waals surface area contributed by atoms with Gasteiger partial charge in [0.1, 0.15) is 0 Å². The molecule has 0 atom stereocenters. The number of anilines is 1. The summed E-state index contributed by atoms with van der Waals surface area (Å²) in [4.78, 5) is 20.1. The lowest BCUT2D eigenvalue weighted by Crippen LogP contribution is -2.46. The predicted molar refractivity (Wildman–Crippen MR) is 113 cm³/mol. The van der Waals surface area contributed by atoms with Crippen LogP contribution in [0.1, 0.15) is 61.8 Å². The second-order valence-corrected chi connectivity index (χ2v) is 9.74. The van der Waals surface area contributed by atoms with E-state index in [4.69, 9.17) is 4.98 Å². The van der Waals surface area contributed by atoms with Gasteiger partial charge in [-0.2, -0.15) is 0 Å². The van der Waals surface area contributed by atoms with Crippen LogP contribution in [0.5, 0.6) is 0 Å². The number of H-pyrrole nitrogens is 1. The molecular formula is C24H31N3O. The fourth-order valence-corrected chi connectivity index (χ4v) is 6.67. The van der Waals surface area contributed by atoms with Crippen molar-refractivity contribution in [2.24, 2.45) is 23.2 Å². The van der Waals surface area contributed by atoms with Gasteiger partial charge >= 0.3 is 0 Å². The quantitative estimate of drug-likeness (QED) is 0.768. The van der Waals surface area contributed by atoms with Crippen LogP contribution in [0.4, 0.5) is 5.95 Å². The first-order valence-corrected chi connectivity index (χ1v) is 11.0. The van der Waals surface area contributed by atoms with E-state index in [2.05, 4.69) is 22.4 Å². The molecule has 4 bridgehead atoms. The van der Waals surface area contributed by atoms with Crippen molar-refractivity contribution in [2.45, 2.75) is 58.3 Å². The number of rotatable bonds is 6. The number of hydrogen-bond acceptors (Lipinski definition) is 3. The summed E-state index contributed by atoms with van der Waals surface area (Å²) < 4.78 is 0. The van der Waals surface area contributed by atoms with E-state index < -0.39 is 0 Å². The van der Waals surface area contributed by atoms with Gasteiger partial charge in [-0.1, -0.05) is 30.3 Å². The second kappa shape index (κ2) is 7.06. The van der Waals surface area contributed by atoms with Gasteiger partial charge in [-0.15, -0.1) is 0 Å². The second-order valence-electron chi connectivity index (χ2n) is 9.74. The average molecular weight is 378 g/mol. The van der Waals surface area contributed by atoms with Crippen LogP contribution in [0.2, 0.25) is 0 Å². The van der Waals surface area contributed by atoms with Gasteiger partial charge in [-0.05, 0) is 80.6 Å². The molecule has 6 rings (SSSR count). The standard InChI is InChI=1S/C24H31N3O/c1-16-21(12-17-5-3-2-4-6-17)26-23(27-22(16)28)25-8-7-24-13-18-9-19(14-24)11-20(10-18)15-24/h2-6,18-20H,7-15H2,1H3,(H2,25,26,27,28). The SMILES string of the molecule is Cc1c(Cc2ccccc2)nc(NCCC23CC4CC(CC(C4)C2)C3)[nH]c1=O. The Kier molecular flexibility index (Phi) is 4.53. The molecule has 4 heteroatoms. The van der Waals surface area contributed by atoms with Gasteiger partial charge in [0, 0.05) is 18.5 Å². The molecular weight excluding hydrogens is 346 g/mol. The molecule has 0 aliphatic heterocycles. The number of nitrogens with zero attached hydrogens (tertiary/aromatic N) is 1. The maximum Gasteiger partial charge on any atom is 0.255 e. The molecule has 0 amide bonds. The van der Waals surface area contributed by atoms with E-state index in [-0.39, 0.29) is 5.56 Å². The first-order chi connectivity index (χ1) is 13.6. The summed E-state index contributed by atoms with van der Waals surface area (Å²) in [5.74, 6) is 3.59. The molecule has 0 saturated heterocycles. The summed E-state index contributed by atoms with van der Waals surface area (Å²) in [6, 6.07) is 10.2. The van der Waals surface area contributed by atoms with Crippen molar-refractivity contribution in [1.29, 1.82) is 0 Å². The zero-order valence-corrected chi connectivity index (χ0v) is 16.8. The number of aromatic nitrogens is 2. The van der Waals surface area contributed by atoms with Crippen LogP contribution in [0.25, 0.3) is 0 Å². The summed E-state index contributed by atoms with van der Waals surface area (Å²) >= 11 is 0. The topological polar surface area (TPSA) is 57.8 Å². The minimum atomic E-state index is -0.0294. The van der Waals surface area contributed by atoms with Crippen molar-refractivity contribution in [1.82, 2.24) is 9.97 Å². The third-order valence-electron chi connectivity index (χ3n) is 7.58. The maximum atomic E-state index is 12.4. The molecule has 0 spiro atoms. The van der Waals surface area contributed by atoms with E-state index in [0.29, 0.717) is 17.8 Å². The zero-order valence-electron chi connectivity index (χ0n) is 16.8. The van der Waals surface area contributed by atoms with Crippen LogP contribution in [0, 0.1) is 30.1 Å². The minimum absolute atomic E-state index is 0.0294. The maximum absolute atomic E-state index is 12.4. The van der Waals surface area contributed by atoms with Gasteiger partial charge in [0.25, 0.3) is 5.56 Å². The van der Waals surface area contributed by atoms with Crippen molar-refractivity contribution in [3.8, 4) is 0 Å². The smallest absolute Gasteiger partial charge is 0.255 e. The molecule has 1 heterocycles. The van der Waals surface area contributed by atoms with Crippen LogP contribution in [-0.2, 0) is 6.42 Å². The van der Waals surface area contributed by atoms with Crippen LogP contribution in [-0.4, -0.2) is 16.5 Å². The lowest BCUT2D eigenvalue weighted by molar-refractivity contribution is -0.0552. The van der Waals surface area contributed by atoms with E-state index in [1.807, 2.05) is 25.1 Å². The Morgan fingerprint density at radius 1 is 1.07 bits per heavy atom. The number of benzene rings is 1. The number of hydrogen-bond donors (Lipinski definition) is 2. The van der Waals surface area contributed by atoms with E-state index in [0.717, 1.165) is 35.6 Å². The van der Waals surface area contributed by atoms with Crippen molar-refractivity contribution in [3.63, 3.8) is 0 Å². The molecule has 4 fully saturated rings. The normalized spacial score (nSPS) is 30.5. The van der Waals surface area contributed by atoms with E-state index in [1.54, 1.807) is 0 Å². The summed E-state index contributed by atoms with van der Waals surface area (Å²) in [5, 5.41) is 3.45. The van der Waals surface area contributed by atoms with Gasteiger partial charge in [-0.25, -0.2) is 4.98 Å². The van der Waals surface area contributed by atoms with E-state index in [1.165, 1.54) is 50.5 Å². The summed E-state index contributed by atoms with van der Waals surface area (Å²) in [7, 11) is 0. The molecule has 28 heavy (non-hydrogen) atoms. The van der Waals surface area contributed by atoms with E-state index >= 15 is 0 Å². The number of aromatic amines is 1. The lowest BCUT2D eigenvalue weighted by Gasteiger charge is -2.57. The highest BCUT2D eigenvalue weighted by molar-refractivity contribution is 5.32. The summed E-state index contributed by atoms with van der Waals surface area (Å²) in [5.41, 5.74) is 3.30. The minimum Gasteiger partial charge on any atom is -0.356 e. The fraction of sp³-hybridized carbons (Fsp3) is 0.583. The lowest BCUT2D eigenvalue weighted by atomic mass is 9.49. The Morgan fingerprint density at radius 2 is 1.71 bits per heavy atom. The Balaban J connectivity index is 1.26. The van der Waals surface area contributed by atoms with Crippen molar-refractivity contribution in [2.75, 3.05) is 11.9 Å². The molecule has 148 valence electrons. The van der Waals surface area contributed by atoms with Crippen LogP contribution < -0.4 is 10.9 Å². The molecule has 1 aromatic heterocycles. The van der Waals surface area contributed by atoms with Crippen molar-refractivity contribution >= 4 is 5.95 Å². The van der Waals surface area contributed by atoms with Crippen LogP contribution >= 0.6 is 0 Å². The van der Waals surface area contributed by atoms with Gasteiger partial charge in [0.05, 0.1) is 5.69 Å². The number of nitrogens with one attached hydrogen (secondary N) is 2. The largest absolute Gasteiger partial charge is 0.356 e. The summed E-state index contributed by atoms with van der Waals surface area (Å²) in [6.45, 7) is 2.77. The van der Waals surface area contributed by atoms with Gasteiger partial charge in [0.2, 0.25) is 5.95 Å². The highest BCUT2D eigenvalue weighted by Crippen LogP contribution is 2.61. The Labute approximate surface area is 167 Å². The molecule has 0 radical (unpaired) electrons. The molecule has 4 saturated carbocycles. The highest BCUT2D eigenvalue weighted by Gasteiger charge is 2.50. The van der Waals surface area contributed by atoms with Crippen LogP contribution in [0.15, 0.2) is 35.1 Å². The monoisotopic (exact) mass is 377 g/mol. The molecule has 2 aromatic rings. The molecule has 4 aliphatic carbocycles. The van der Waals surface area contributed by atoms with Gasteiger partial charge in [0.15, 0.2) is 0 Å². The Hall–Kier alpha value is -2.10. The van der Waals surface area contributed by atoms with Gasteiger partial charge in [-0.3, -0.25) is 9.78 Å². The first kappa shape index (κ1) is 18.0. The Bertz CT molecular complexity index is 867. The first-order valence-electron chi connectivity index (χ1n) is 11.0. The molecule has 4 nitrogen and oxygen atoms in total. The van der Waals surface area contributed by atoms with Crippen LogP contribution in [0.3, 0.4) is 0 Å². The third-order valence-corrected chi connectivity index (χ3v) is 7.58. The highest BCUT2D eigenvalue weighted by atomic mass is 16.1. The molecule has 0 unspecified atom stereocenters.